The molecule has 0 aliphatic heterocycles. The lowest BCUT2D eigenvalue weighted by atomic mass is 10.2. The summed E-state index contributed by atoms with van der Waals surface area (Å²) in [4.78, 5) is 11.5. The van der Waals surface area contributed by atoms with E-state index in [0.717, 1.165) is 37.7 Å². The Bertz CT molecular complexity index is 274. The second kappa shape index (κ2) is 16.2. The maximum atomic E-state index is 11.5. The van der Waals surface area contributed by atoms with Crippen molar-refractivity contribution in [1.29, 1.82) is 0 Å². The Hall–Kier alpha value is -0.170. The zero-order chi connectivity index (χ0) is 15.8. The molecular weight excluding hydrogens is 304 g/mol. The molecule has 0 aromatic heterocycles. The van der Waals surface area contributed by atoms with E-state index in [1.54, 1.807) is 10.8 Å². The molecule has 0 rings (SSSR count). The van der Waals surface area contributed by atoms with E-state index in [9.17, 15) is 4.79 Å². The van der Waals surface area contributed by atoms with Crippen molar-refractivity contribution in [2.45, 2.75) is 33.1 Å². The van der Waals surface area contributed by atoms with E-state index < -0.39 is 0 Å². The third-order valence-corrected chi connectivity index (χ3v) is 4.62. The van der Waals surface area contributed by atoms with Gasteiger partial charge in [0.25, 0.3) is 0 Å². The largest absolute Gasteiger partial charge is 0.370 e. The molecule has 0 aromatic carbocycles. The van der Waals surface area contributed by atoms with Gasteiger partial charge in [-0.05, 0) is 25.8 Å². The molecule has 0 saturated carbocycles. The lowest BCUT2D eigenvalue weighted by Crippen LogP contribution is -2.23. The Morgan fingerprint density at radius 2 is 2.10 bits per heavy atom. The van der Waals surface area contributed by atoms with Crippen molar-refractivity contribution in [3.8, 4) is 0 Å². The van der Waals surface area contributed by atoms with Crippen LogP contribution in [0.5, 0.6) is 0 Å². The number of hydrogen-bond acceptors (Lipinski definition) is 5. The molecule has 0 aliphatic carbocycles. The quantitative estimate of drug-likeness (QED) is 0.221. The lowest BCUT2D eigenvalue weighted by Gasteiger charge is -2.04. The van der Waals surface area contributed by atoms with Crippen LogP contribution in [0.3, 0.4) is 0 Å². The highest BCUT2D eigenvalue weighted by molar-refractivity contribution is 8.76. The summed E-state index contributed by atoms with van der Waals surface area (Å²) in [7, 11) is 5.52. The predicted octanol–water partition coefficient (Wildman–Crippen LogP) is 3.06. The van der Waals surface area contributed by atoms with Crippen molar-refractivity contribution >= 4 is 27.5 Å². The number of carbonyl (C=O) groups is 1. The Labute approximate surface area is 137 Å². The van der Waals surface area contributed by atoms with Gasteiger partial charge in [0.05, 0.1) is 0 Å². The minimum absolute atomic E-state index is 0.125. The van der Waals surface area contributed by atoms with Gasteiger partial charge in [-0.3, -0.25) is 4.79 Å². The molecule has 4 nitrogen and oxygen atoms in total. The molecule has 2 N–H and O–H groups in total. The Kier molecular flexibility index (Phi) is 16.1. The van der Waals surface area contributed by atoms with E-state index in [0.29, 0.717) is 18.9 Å². The summed E-state index contributed by atoms with van der Waals surface area (Å²) in [6.07, 6.45) is 6.52. The topological polar surface area (TPSA) is 50.4 Å². The number of ether oxygens (including phenoxy) is 1. The molecule has 6 heteroatoms. The Morgan fingerprint density at radius 3 is 2.81 bits per heavy atom. The molecule has 21 heavy (non-hydrogen) atoms. The van der Waals surface area contributed by atoms with Gasteiger partial charge < -0.3 is 15.4 Å². The summed E-state index contributed by atoms with van der Waals surface area (Å²) in [5.74, 6) is 2.48. The number of amides is 1. The maximum Gasteiger partial charge on any atom is 0.220 e. The van der Waals surface area contributed by atoms with Gasteiger partial charge in [0, 0.05) is 31.9 Å². The monoisotopic (exact) mass is 334 g/mol. The number of carbonyl (C=O) groups excluding carboxylic acids is 1. The molecule has 0 radical (unpaired) electrons. The fourth-order valence-corrected chi connectivity index (χ4v) is 3.09. The van der Waals surface area contributed by atoms with Crippen molar-refractivity contribution in [1.82, 2.24) is 10.6 Å². The zero-order valence-electron chi connectivity index (χ0n) is 13.5. The Balaban J connectivity index is 3.21. The summed E-state index contributed by atoms with van der Waals surface area (Å²) in [5, 5.41) is 5.99. The average molecular weight is 335 g/mol. The molecular formula is C15H30N2O2S2. The van der Waals surface area contributed by atoms with Crippen LogP contribution in [0.25, 0.3) is 0 Å². The number of hydrogen-bond donors (Lipinski definition) is 2. The van der Waals surface area contributed by atoms with E-state index in [1.807, 2.05) is 23.9 Å². The molecule has 0 aromatic rings. The molecule has 0 fully saturated rings. The standard InChI is InChI=1S/C15H30N2O2S2/c1-14(2)7-6-9-17-15(18)8-4-5-11-19-13-21-20-12-10-16-3/h6-7,14,16H,4-5,8-13H2,1-3H3,(H,17,18)/b7-6+. The third kappa shape index (κ3) is 17.8. The molecule has 0 atom stereocenters. The van der Waals surface area contributed by atoms with Crippen LogP contribution in [-0.4, -0.2) is 44.3 Å². The van der Waals surface area contributed by atoms with Crippen LogP contribution in [0.1, 0.15) is 33.1 Å². The van der Waals surface area contributed by atoms with Crippen molar-refractivity contribution in [3.05, 3.63) is 12.2 Å². The van der Waals surface area contributed by atoms with E-state index >= 15 is 0 Å². The van der Waals surface area contributed by atoms with Crippen LogP contribution in [-0.2, 0) is 9.53 Å². The second-order valence-corrected chi connectivity index (χ2v) is 7.53. The first kappa shape index (κ1) is 20.8. The second-order valence-electron chi connectivity index (χ2n) is 5.00. The molecule has 0 spiro atoms. The molecule has 0 aliphatic rings. The van der Waals surface area contributed by atoms with E-state index in [1.165, 1.54) is 0 Å². The lowest BCUT2D eigenvalue weighted by molar-refractivity contribution is -0.121. The summed E-state index contributed by atoms with van der Waals surface area (Å²) in [6, 6.07) is 0. The highest BCUT2D eigenvalue weighted by Gasteiger charge is 1.99. The maximum absolute atomic E-state index is 11.5. The number of nitrogens with one attached hydrogen (secondary N) is 2. The fraction of sp³-hybridized carbons (Fsp3) is 0.800. The molecule has 0 saturated heterocycles. The smallest absolute Gasteiger partial charge is 0.220 e. The van der Waals surface area contributed by atoms with Gasteiger partial charge >= 0.3 is 0 Å². The Morgan fingerprint density at radius 1 is 1.29 bits per heavy atom. The first-order chi connectivity index (χ1) is 10.2. The van der Waals surface area contributed by atoms with Crippen molar-refractivity contribution < 1.29 is 9.53 Å². The highest BCUT2D eigenvalue weighted by atomic mass is 33.1. The molecule has 1 amide bonds. The van der Waals surface area contributed by atoms with Crippen LogP contribution < -0.4 is 10.6 Å². The summed E-state index contributed by atoms with van der Waals surface area (Å²) < 4.78 is 5.50. The van der Waals surface area contributed by atoms with Crippen molar-refractivity contribution in [2.75, 3.05) is 38.4 Å². The first-order valence-corrected chi connectivity index (χ1v) is 10.1. The minimum atomic E-state index is 0.125. The number of allylic oxidation sites excluding steroid dienone is 1. The fourth-order valence-electron chi connectivity index (χ4n) is 1.42. The van der Waals surface area contributed by atoms with Crippen LogP contribution in [0.15, 0.2) is 12.2 Å². The molecule has 0 unspecified atom stereocenters. The predicted molar refractivity (Wildman–Crippen MR) is 95.6 cm³/mol. The van der Waals surface area contributed by atoms with Gasteiger partial charge in [-0.2, -0.15) is 0 Å². The average Bonchev–Trinajstić information content (AvgIpc) is 2.45. The van der Waals surface area contributed by atoms with Crippen LogP contribution in [0.2, 0.25) is 0 Å². The van der Waals surface area contributed by atoms with Gasteiger partial charge in [0.15, 0.2) is 0 Å². The van der Waals surface area contributed by atoms with Gasteiger partial charge in [-0.15, -0.1) is 0 Å². The van der Waals surface area contributed by atoms with Crippen LogP contribution in [0.4, 0.5) is 0 Å². The first-order valence-electron chi connectivity index (χ1n) is 7.57. The van der Waals surface area contributed by atoms with Crippen LogP contribution in [0, 0.1) is 5.92 Å². The minimum Gasteiger partial charge on any atom is -0.370 e. The summed E-state index contributed by atoms with van der Waals surface area (Å²) in [6.45, 7) is 6.64. The van der Waals surface area contributed by atoms with E-state index in [-0.39, 0.29) is 5.91 Å². The summed E-state index contributed by atoms with van der Waals surface area (Å²) in [5.41, 5.74) is 0. The van der Waals surface area contributed by atoms with Gasteiger partial charge in [-0.25, -0.2) is 0 Å². The molecule has 124 valence electrons. The van der Waals surface area contributed by atoms with Crippen molar-refractivity contribution in [2.24, 2.45) is 5.92 Å². The number of rotatable bonds is 14. The normalized spacial score (nSPS) is 11.4. The zero-order valence-corrected chi connectivity index (χ0v) is 15.2. The van der Waals surface area contributed by atoms with Crippen LogP contribution >= 0.6 is 21.6 Å². The van der Waals surface area contributed by atoms with Gasteiger partial charge in [0.1, 0.15) is 5.94 Å². The van der Waals surface area contributed by atoms with E-state index in [2.05, 4.69) is 30.6 Å². The number of unbranched alkanes of at least 4 members (excludes halogenated alkanes) is 1. The molecule has 0 bridgehead atoms. The third-order valence-electron chi connectivity index (χ3n) is 2.53. The summed E-state index contributed by atoms with van der Waals surface area (Å²) >= 11 is 0. The van der Waals surface area contributed by atoms with Gasteiger partial charge in [-0.1, -0.05) is 47.6 Å². The van der Waals surface area contributed by atoms with E-state index in [4.69, 9.17) is 4.74 Å². The van der Waals surface area contributed by atoms with Gasteiger partial charge in [0.2, 0.25) is 5.91 Å². The SMILES string of the molecule is CNCCSSCOCCCCC(=O)NC/C=C/C(C)C. The molecule has 0 heterocycles. The highest BCUT2D eigenvalue weighted by Crippen LogP contribution is 2.20. The van der Waals surface area contributed by atoms with Crippen molar-refractivity contribution in [3.63, 3.8) is 0 Å².